The minimum absolute atomic E-state index is 0.131. The summed E-state index contributed by atoms with van der Waals surface area (Å²) in [6.07, 6.45) is 3.42. The lowest BCUT2D eigenvalue weighted by atomic mass is 9.97. The van der Waals surface area contributed by atoms with Crippen molar-refractivity contribution in [3.8, 4) is 11.8 Å². The Bertz CT molecular complexity index is 636. The van der Waals surface area contributed by atoms with Crippen LogP contribution in [-0.2, 0) is 9.84 Å². The van der Waals surface area contributed by atoms with E-state index in [2.05, 4.69) is 0 Å². The van der Waals surface area contributed by atoms with Gasteiger partial charge in [-0.1, -0.05) is 6.07 Å². The van der Waals surface area contributed by atoms with E-state index < -0.39 is 20.9 Å². The number of nitriles is 1. The highest BCUT2D eigenvalue weighted by atomic mass is 32.2. The van der Waals surface area contributed by atoms with E-state index in [0.29, 0.717) is 19.3 Å². The molecule has 0 amide bonds. The molecule has 1 saturated carbocycles. The lowest BCUT2D eigenvalue weighted by Gasteiger charge is -2.28. The molecular weight excluding hydrogens is 281 g/mol. The van der Waals surface area contributed by atoms with Gasteiger partial charge in [-0.2, -0.15) is 5.26 Å². The highest BCUT2D eigenvalue weighted by molar-refractivity contribution is 7.91. The molecule has 20 heavy (non-hydrogen) atoms. The minimum Gasteiger partial charge on any atom is -0.489 e. The zero-order valence-corrected chi connectivity index (χ0v) is 12.0. The number of halogens is 1. The Morgan fingerprint density at radius 3 is 2.80 bits per heavy atom. The lowest BCUT2D eigenvalue weighted by Crippen LogP contribution is -2.33. The maximum absolute atomic E-state index is 13.5. The van der Waals surface area contributed by atoms with Crippen molar-refractivity contribution in [2.75, 3.05) is 6.26 Å². The van der Waals surface area contributed by atoms with Crippen LogP contribution in [0.15, 0.2) is 18.2 Å². The van der Waals surface area contributed by atoms with Crippen molar-refractivity contribution in [3.05, 3.63) is 29.6 Å². The van der Waals surface area contributed by atoms with Crippen molar-refractivity contribution < 1.29 is 17.5 Å². The topological polar surface area (TPSA) is 67.2 Å². The van der Waals surface area contributed by atoms with Crippen LogP contribution in [0.4, 0.5) is 4.39 Å². The third kappa shape index (κ3) is 3.28. The van der Waals surface area contributed by atoms with Gasteiger partial charge < -0.3 is 4.74 Å². The molecule has 0 aromatic heterocycles. The van der Waals surface area contributed by atoms with E-state index in [1.807, 2.05) is 0 Å². The van der Waals surface area contributed by atoms with Crippen LogP contribution in [0.5, 0.6) is 5.75 Å². The summed E-state index contributed by atoms with van der Waals surface area (Å²) in [5.74, 6) is -0.438. The first-order chi connectivity index (χ1) is 9.41. The number of sulfone groups is 1. The number of nitrogens with zero attached hydrogens (tertiary/aromatic N) is 1. The van der Waals surface area contributed by atoms with Gasteiger partial charge in [-0.3, -0.25) is 0 Å². The molecule has 1 aliphatic rings. The van der Waals surface area contributed by atoms with Gasteiger partial charge in [-0.25, -0.2) is 12.8 Å². The van der Waals surface area contributed by atoms with Crippen LogP contribution in [0.2, 0.25) is 0 Å². The monoisotopic (exact) mass is 297 g/mol. The SMILES string of the molecule is CS(=O)(=O)C1CCCC(Oc2cccc(F)c2C#N)C1. The van der Waals surface area contributed by atoms with Crippen molar-refractivity contribution in [2.24, 2.45) is 0 Å². The molecule has 0 bridgehead atoms. The Morgan fingerprint density at radius 1 is 1.40 bits per heavy atom. The van der Waals surface area contributed by atoms with Crippen LogP contribution in [0, 0.1) is 17.1 Å². The third-order valence-corrected chi connectivity index (χ3v) is 5.20. The summed E-state index contributed by atoms with van der Waals surface area (Å²) < 4.78 is 42.3. The predicted octanol–water partition coefficient (Wildman–Crippen LogP) is 2.43. The molecule has 2 unspecified atom stereocenters. The van der Waals surface area contributed by atoms with Crippen molar-refractivity contribution in [2.45, 2.75) is 37.0 Å². The molecule has 0 aliphatic heterocycles. The summed E-state index contributed by atoms with van der Waals surface area (Å²) in [5.41, 5.74) is -0.131. The Labute approximate surface area is 118 Å². The Kier molecular flexibility index (Phi) is 4.29. The average molecular weight is 297 g/mol. The fourth-order valence-electron chi connectivity index (χ4n) is 2.49. The van der Waals surface area contributed by atoms with Crippen LogP contribution in [0.25, 0.3) is 0 Å². The first-order valence-corrected chi connectivity index (χ1v) is 8.41. The first kappa shape index (κ1) is 14.8. The van der Waals surface area contributed by atoms with Crippen LogP contribution in [-0.4, -0.2) is 26.0 Å². The second-order valence-corrected chi connectivity index (χ2v) is 7.41. The molecule has 1 fully saturated rings. The Morgan fingerprint density at radius 2 is 2.15 bits per heavy atom. The van der Waals surface area contributed by atoms with Crippen LogP contribution < -0.4 is 4.74 Å². The molecule has 1 aromatic carbocycles. The number of hydrogen-bond donors (Lipinski definition) is 0. The van der Waals surface area contributed by atoms with E-state index in [1.54, 1.807) is 6.07 Å². The van der Waals surface area contributed by atoms with E-state index in [4.69, 9.17) is 10.00 Å². The minimum atomic E-state index is -3.09. The molecule has 0 heterocycles. The Hall–Kier alpha value is -1.61. The molecule has 0 spiro atoms. The quantitative estimate of drug-likeness (QED) is 0.859. The summed E-state index contributed by atoms with van der Waals surface area (Å²) in [4.78, 5) is 0. The fourth-order valence-corrected chi connectivity index (χ4v) is 3.65. The molecule has 108 valence electrons. The van der Waals surface area contributed by atoms with E-state index in [1.165, 1.54) is 24.5 Å². The second-order valence-electron chi connectivity index (χ2n) is 5.08. The smallest absolute Gasteiger partial charge is 0.150 e. The van der Waals surface area contributed by atoms with Crippen molar-refractivity contribution in [1.82, 2.24) is 0 Å². The van der Waals surface area contributed by atoms with Gasteiger partial charge in [0, 0.05) is 12.7 Å². The van der Waals surface area contributed by atoms with Gasteiger partial charge in [0.05, 0.1) is 5.25 Å². The standard InChI is InChI=1S/C14H16FNO3S/c1-20(17,18)11-5-2-4-10(8-11)19-14-7-3-6-13(15)12(14)9-16/h3,6-7,10-11H,2,4-5,8H2,1H3. The molecule has 4 nitrogen and oxygen atoms in total. The number of rotatable bonds is 3. The molecule has 1 aliphatic carbocycles. The fraction of sp³-hybridized carbons (Fsp3) is 0.500. The van der Waals surface area contributed by atoms with Gasteiger partial charge in [0.25, 0.3) is 0 Å². The molecular formula is C14H16FNO3S. The highest BCUT2D eigenvalue weighted by Crippen LogP contribution is 2.29. The summed E-state index contributed by atoms with van der Waals surface area (Å²) in [5, 5.41) is 8.53. The molecule has 0 radical (unpaired) electrons. The molecule has 1 aromatic rings. The van der Waals surface area contributed by atoms with Gasteiger partial charge in [0.15, 0.2) is 0 Å². The first-order valence-electron chi connectivity index (χ1n) is 6.46. The molecule has 6 heteroatoms. The van der Waals surface area contributed by atoms with E-state index in [9.17, 15) is 12.8 Å². The summed E-state index contributed by atoms with van der Waals surface area (Å²) in [6, 6.07) is 5.98. The summed E-state index contributed by atoms with van der Waals surface area (Å²) in [6.45, 7) is 0. The molecule has 2 rings (SSSR count). The van der Waals surface area contributed by atoms with Gasteiger partial charge >= 0.3 is 0 Å². The normalized spacial score (nSPS) is 23.1. The number of hydrogen-bond acceptors (Lipinski definition) is 4. The molecule has 0 N–H and O–H groups in total. The lowest BCUT2D eigenvalue weighted by molar-refractivity contribution is 0.155. The average Bonchev–Trinajstić information content (AvgIpc) is 2.38. The molecule has 0 saturated heterocycles. The van der Waals surface area contributed by atoms with Gasteiger partial charge in [0.1, 0.15) is 39.1 Å². The predicted molar refractivity (Wildman–Crippen MR) is 72.6 cm³/mol. The van der Waals surface area contributed by atoms with E-state index >= 15 is 0 Å². The zero-order valence-electron chi connectivity index (χ0n) is 11.2. The van der Waals surface area contributed by atoms with Crippen LogP contribution >= 0.6 is 0 Å². The zero-order chi connectivity index (χ0) is 14.8. The highest BCUT2D eigenvalue weighted by Gasteiger charge is 2.30. The maximum Gasteiger partial charge on any atom is 0.150 e. The van der Waals surface area contributed by atoms with E-state index in [-0.39, 0.29) is 17.4 Å². The van der Waals surface area contributed by atoms with Crippen molar-refractivity contribution in [1.29, 1.82) is 5.26 Å². The number of ether oxygens (including phenoxy) is 1. The third-order valence-electron chi connectivity index (χ3n) is 3.56. The largest absolute Gasteiger partial charge is 0.489 e. The van der Waals surface area contributed by atoms with Gasteiger partial charge in [-0.05, 0) is 31.4 Å². The van der Waals surface area contributed by atoms with Crippen molar-refractivity contribution in [3.63, 3.8) is 0 Å². The maximum atomic E-state index is 13.5. The van der Waals surface area contributed by atoms with Gasteiger partial charge in [0.2, 0.25) is 0 Å². The van der Waals surface area contributed by atoms with E-state index in [0.717, 1.165) is 6.42 Å². The molecule has 2 atom stereocenters. The number of benzene rings is 1. The Balaban J connectivity index is 2.15. The second kappa shape index (κ2) is 5.80. The summed E-state index contributed by atoms with van der Waals surface area (Å²) in [7, 11) is -3.09. The van der Waals surface area contributed by atoms with Gasteiger partial charge in [-0.15, -0.1) is 0 Å². The summed E-state index contributed by atoms with van der Waals surface area (Å²) >= 11 is 0. The van der Waals surface area contributed by atoms with Crippen LogP contribution in [0.1, 0.15) is 31.2 Å². The van der Waals surface area contributed by atoms with Crippen molar-refractivity contribution >= 4 is 9.84 Å². The van der Waals surface area contributed by atoms with Crippen LogP contribution in [0.3, 0.4) is 0 Å².